The van der Waals surface area contributed by atoms with E-state index in [1.165, 1.54) is 6.92 Å². The molecule has 0 radical (unpaired) electrons. The first-order valence-corrected chi connectivity index (χ1v) is 15.1. The number of nitrogens with one attached hydrogen (secondary N) is 3. The van der Waals surface area contributed by atoms with Crippen molar-refractivity contribution in [1.29, 1.82) is 0 Å². The number of fused-ring (bicyclic) bond motifs is 3. The Morgan fingerprint density at radius 3 is 2.09 bits per heavy atom. The summed E-state index contributed by atoms with van der Waals surface area (Å²) in [6.07, 6.45) is 0.157. The van der Waals surface area contributed by atoms with Crippen LogP contribution in [0.25, 0.3) is 11.1 Å². The minimum Gasteiger partial charge on any atom is -0.432 e. The second-order valence-corrected chi connectivity index (χ2v) is 10.8. The van der Waals surface area contributed by atoms with Crippen LogP contribution in [0.5, 0.6) is 0 Å². The number of imide groups is 1. The van der Waals surface area contributed by atoms with Crippen LogP contribution in [0.4, 0.5) is 16.2 Å². The van der Waals surface area contributed by atoms with E-state index in [1.54, 1.807) is 31.4 Å². The first-order chi connectivity index (χ1) is 22.2. The summed E-state index contributed by atoms with van der Waals surface area (Å²) in [5.41, 5.74) is 4.25. The molecule has 1 fully saturated rings. The number of carbonyl (C=O) groups is 6. The molecule has 0 spiro atoms. The van der Waals surface area contributed by atoms with Gasteiger partial charge in [-0.2, -0.15) is 0 Å². The second-order valence-electron chi connectivity index (χ2n) is 10.8. The van der Waals surface area contributed by atoms with E-state index in [0.29, 0.717) is 49.2 Å². The number of methoxy groups -OCH3 is 1. The highest BCUT2D eigenvalue weighted by atomic mass is 16.8. The third kappa shape index (κ3) is 9.34. The third-order valence-corrected chi connectivity index (χ3v) is 7.30. The summed E-state index contributed by atoms with van der Waals surface area (Å²) in [6, 6.07) is 10.7. The summed E-state index contributed by atoms with van der Waals surface area (Å²) in [5, 5.41) is 8.78. The van der Waals surface area contributed by atoms with E-state index >= 15 is 0 Å². The van der Waals surface area contributed by atoms with Crippen molar-refractivity contribution in [3.05, 3.63) is 47.5 Å². The number of hydrogen-bond donors (Lipinski definition) is 3. The van der Waals surface area contributed by atoms with Crippen molar-refractivity contribution >= 4 is 47.1 Å². The van der Waals surface area contributed by atoms with E-state index in [0.717, 1.165) is 28.7 Å². The van der Waals surface area contributed by atoms with Crippen LogP contribution in [-0.4, -0.2) is 80.8 Å². The minimum atomic E-state index is -1.21. The molecule has 2 aromatic carbocycles. The fourth-order valence-corrected chi connectivity index (χ4v) is 5.20. The fourth-order valence-electron chi connectivity index (χ4n) is 5.20. The van der Waals surface area contributed by atoms with Gasteiger partial charge in [0.25, 0.3) is 11.8 Å². The average molecular weight is 639 g/mol. The number of nitrogens with zero attached hydrogens (tertiary/aromatic N) is 1. The summed E-state index contributed by atoms with van der Waals surface area (Å²) in [7, 11) is 1.62. The molecule has 1 atom stereocenters. The predicted molar refractivity (Wildman–Crippen MR) is 164 cm³/mol. The molecule has 5 amide bonds. The summed E-state index contributed by atoms with van der Waals surface area (Å²) >= 11 is 0. The number of anilines is 2. The van der Waals surface area contributed by atoms with Crippen molar-refractivity contribution in [3.63, 3.8) is 0 Å². The van der Waals surface area contributed by atoms with Crippen molar-refractivity contribution in [2.24, 2.45) is 0 Å². The molecule has 2 aliphatic rings. The molecule has 14 heteroatoms. The van der Waals surface area contributed by atoms with Crippen LogP contribution < -0.4 is 16.0 Å². The maximum absolute atomic E-state index is 12.7. The SMILES string of the molecule is COCCCOCCNC(=O)CCCC(=O)Nc1ccc2c(c1)C(COC(=O)ON1C(=O)CCC1=O)c1cc(NC(C)=O)ccc1-2. The Hall–Kier alpha value is -4.82. The van der Waals surface area contributed by atoms with Crippen molar-refractivity contribution < 1.29 is 47.8 Å². The van der Waals surface area contributed by atoms with E-state index < -0.39 is 23.9 Å². The maximum atomic E-state index is 12.7. The Balaban J connectivity index is 1.35. The van der Waals surface area contributed by atoms with Gasteiger partial charge in [0.15, 0.2) is 0 Å². The van der Waals surface area contributed by atoms with Crippen molar-refractivity contribution in [2.45, 2.75) is 51.4 Å². The summed E-state index contributed by atoms with van der Waals surface area (Å²) in [5.74, 6) is -2.45. The van der Waals surface area contributed by atoms with Gasteiger partial charge in [-0.05, 0) is 59.4 Å². The predicted octanol–water partition coefficient (Wildman–Crippen LogP) is 3.25. The van der Waals surface area contributed by atoms with E-state index in [-0.39, 0.29) is 50.0 Å². The van der Waals surface area contributed by atoms with Crippen LogP contribution in [0.2, 0.25) is 0 Å². The highest BCUT2D eigenvalue weighted by Crippen LogP contribution is 2.47. The number of carbonyl (C=O) groups excluding carboxylic acids is 6. The summed E-state index contributed by atoms with van der Waals surface area (Å²) in [6.45, 7) is 3.15. The molecule has 3 N–H and O–H groups in total. The van der Waals surface area contributed by atoms with Gasteiger partial charge in [-0.25, -0.2) is 4.79 Å². The number of amides is 5. The number of benzene rings is 2. The van der Waals surface area contributed by atoms with Crippen LogP contribution >= 0.6 is 0 Å². The Kier molecular flexibility index (Phi) is 12.2. The van der Waals surface area contributed by atoms with Gasteiger partial charge < -0.3 is 30.2 Å². The zero-order valence-corrected chi connectivity index (χ0v) is 25.8. The lowest BCUT2D eigenvalue weighted by Gasteiger charge is -2.17. The van der Waals surface area contributed by atoms with Gasteiger partial charge in [0.05, 0.1) is 6.61 Å². The van der Waals surface area contributed by atoms with Crippen molar-refractivity contribution in [1.82, 2.24) is 10.4 Å². The van der Waals surface area contributed by atoms with Crippen molar-refractivity contribution in [2.75, 3.05) is 50.7 Å². The van der Waals surface area contributed by atoms with Crippen LogP contribution in [0.3, 0.4) is 0 Å². The van der Waals surface area contributed by atoms with Crippen molar-refractivity contribution in [3.8, 4) is 11.1 Å². The van der Waals surface area contributed by atoms with Crippen LogP contribution in [-0.2, 0) is 43.0 Å². The molecule has 2 aromatic rings. The van der Waals surface area contributed by atoms with E-state index in [1.807, 2.05) is 12.1 Å². The van der Waals surface area contributed by atoms with Gasteiger partial charge >= 0.3 is 6.16 Å². The molecule has 1 aliphatic heterocycles. The molecule has 46 heavy (non-hydrogen) atoms. The molecule has 0 bridgehead atoms. The molecular weight excluding hydrogens is 600 g/mol. The summed E-state index contributed by atoms with van der Waals surface area (Å²) < 4.78 is 15.7. The average Bonchev–Trinajstić information content (AvgIpc) is 3.49. The van der Waals surface area contributed by atoms with Gasteiger partial charge in [-0.1, -0.05) is 17.2 Å². The molecule has 0 saturated carbocycles. The van der Waals surface area contributed by atoms with Gasteiger partial charge in [-0.3, -0.25) is 28.8 Å². The molecule has 0 aromatic heterocycles. The van der Waals surface area contributed by atoms with Gasteiger partial charge in [0.2, 0.25) is 17.7 Å². The monoisotopic (exact) mass is 638 g/mol. The molecule has 1 aliphatic carbocycles. The Bertz CT molecular complexity index is 1460. The zero-order chi connectivity index (χ0) is 33.1. The lowest BCUT2D eigenvalue weighted by molar-refractivity contribution is -0.177. The Labute approximate surface area is 266 Å². The number of hydroxylamine groups is 2. The number of rotatable bonds is 16. The van der Waals surface area contributed by atoms with Gasteiger partial charge in [0, 0.05) is 76.8 Å². The van der Waals surface area contributed by atoms with Gasteiger partial charge in [0.1, 0.15) is 6.61 Å². The quantitative estimate of drug-likeness (QED) is 0.140. The second kappa shape index (κ2) is 16.5. The molecule has 14 nitrogen and oxygen atoms in total. The largest absolute Gasteiger partial charge is 0.533 e. The first-order valence-electron chi connectivity index (χ1n) is 15.1. The Morgan fingerprint density at radius 2 is 1.46 bits per heavy atom. The van der Waals surface area contributed by atoms with E-state index in [4.69, 9.17) is 19.0 Å². The molecule has 246 valence electrons. The zero-order valence-electron chi connectivity index (χ0n) is 25.8. The van der Waals surface area contributed by atoms with Crippen LogP contribution in [0.1, 0.15) is 62.5 Å². The molecule has 4 rings (SSSR count). The molecule has 1 heterocycles. The lowest BCUT2D eigenvalue weighted by atomic mass is 9.97. The smallest absolute Gasteiger partial charge is 0.432 e. The van der Waals surface area contributed by atoms with E-state index in [9.17, 15) is 28.8 Å². The van der Waals surface area contributed by atoms with Crippen LogP contribution in [0.15, 0.2) is 36.4 Å². The number of hydrogen-bond acceptors (Lipinski definition) is 10. The normalized spacial score (nSPS) is 14.8. The van der Waals surface area contributed by atoms with E-state index in [2.05, 4.69) is 16.0 Å². The molecular formula is C32H38N4O10. The fraction of sp³-hybridized carbons (Fsp3) is 0.438. The van der Waals surface area contributed by atoms with Crippen LogP contribution in [0, 0.1) is 0 Å². The standard InChI is InChI=1S/C32H38N4O10/c1-20(37)34-21-7-9-23-24-10-8-22(35-29(39)6-3-5-28(38)33-13-16-44-15-4-14-43-2)18-26(24)27(25(23)17-21)19-45-32(42)46-36-30(40)11-12-31(36)41/h7-10,17-18,27H,3-6,11-16,19H2,1-2H3,(H,33,38)(H,34,37)(H,35,39). The minimum absolute atomic E-state index is 0.0471. The highest BCUT2D eigenvalue weighted by molar-refractivity contribution is 6.01. The Morgan fingerprint density at radius 1 is 0.826 bits per heavy atom. The maximum Gasteiger partial charge on any atom is 0.533 e. The molecule has 1 saturated heterocycles. The third-order valence-electron chi connectivity index (χ3n) is 7.30. The number of ether oxygens (including phenoxy) is 3. The first kappa shape index (κ1) is 34.1. The topological polar surface area (TPSA) is 179 Å². The molecule has 1 unspecified atom stereocenters. The highest BCUT2D eigenvalue weighted by Gasteiger charge is 2.35. The lowest BCUT2D eigenvalue weighted by Crippen LogP contribution is -2.32. The summed E-state index contributed by atoms with van der Waals surface area (Å²) in [4.78, 5) is 77.4. The van der Waals surface area contributed by atoms with Gasteiger partial charge in [-0.15, -0.1) is 0 Å².